The van der Waals surface area contributed by atoms with Gasteiger partial charge in [-0.15, -0.1) is 22.7 Å². The summed E-state index contributed by atoms with van der Waals surface area (Å²) in [7, 11) is 0. The van der Waals surface area contributed by atoms with E-state index in [1.165, 1.54) is 101 Å². The first-order chi connectivity index (χ1) is 32.2. The quantitative estimate of drug-likeness (QED) is 0.154. The number of fused-ring (bicyclic) bond motifs is 8. The maximum atomic E-state index is 2.45. The van der Waals surface area contributed by atoms with Crippen LogP contribution in [0.15, 0.2) is 224 Å². The molecule has 1 atom stereocenters. The van der Waals surface area contributed by atoms with Crippen LogP contribution in [0.4, 0.5) is 17.1 Å². The van der Waals surface area contributed by atoms with Crippen molar-refractivity contribution in [1.29, 1.82) is 0 Å². The molecule has 13 rings (SSSR count). The zero-order chi connectivity index (χ0) is 42.8. The van der Waals surface area contributed by atoms with Gasteiger partial charge in [0.1, 0.15) is 0 Å². The average molecular weight is 864 g/mol. The second kappa shape index (κ2) is 15.6. The van der Waals surface area contributed by atoms with Crippen molar-refractivity contribution in [2.75, 3.05) is 4.90 Å². The molecule has 2 heterocycles. The van der Waals surface area contributed by atoms with Crippen LogP contribution in [-0.2, 0) is 0 Å². The molecule has 1 nitrogen and oxygen atoms in total. The summed E-state index contributed by atoms with van der Waals surface area (Å²) in [6.07, 6.45) is 5.70. The van der Waals surface area contributed by atoms with E-state index >= 15 is 0 Å². The molecule has 0 radical (unpaired) electrons. The van der Waals surface area contributed by atoms with E-state index in [2.05, 4.69) is 235 Å². The minimum atomic E-state index is 0.321. The smallest absolute Gasteiger partial charge is 0.0473 e. The first kappa shape index (κ1) is 37.9. The highest BCUT2D eigenvalue weighted by Crippen LogP contribution is 2.47. The molecule has 3 heteroatoms. The number of benzene rings is 10. The molecule has 0 bridgehead atoms. The highest BCUT2D eigenvalue weighted by molar-refractivity contribution is 7.26. The van der Waals surface area contributed by atoms with Gasteiger partial charge in [-0.2, -0.15) is 0 Å². The van der Waals surface area contributed by atoms with Gasteiger partial charge in [-0.3, -0.25) is 0 Å². The van der Waals surface area contributed by atoms with Crippen molar-refractivity contribution in [3.8, 4) is 33.4 Å². The maximum absolute atomic E-state index is 2.45. The largest absolute Gasteiger partial charge is 0.310 e. The van der Waals surface area contributed by atoms with E-state index in [4.69, 9.17) is 0 Å². The number of hydrogen-bond donors (Lipinski definition) is 0. The van der Waals surface area contributed by atoms with Crippen LogP contribution in [0.5, 0.6) is 0 Å². The predicted molar refractivity (Wildman–Crippen MR) is 283 cm³/mol. The fraction of sp³-hybridized carbons (Fsp3) is 0.0323. The third-order valence-corrected chi connectivity index (χ3v) is 15.9. The molecular formula is C62H41NS2. The zero-order valence-electron chi connectivity index (χ0n) is 35.5. The molecule has 0 saturated heterocycles. The standard InChI is InChI=1S/C62H41NS2/c1-3-13-44-35-46(25-23-40(44)11-1)48-37-49(47-26-24-41-12-2-4-14-45(41)36-47)39-52(38-48)63(50-31-27-42(28-32-50)53-17-9-19-57-55-15-5-7-21-59(55)64-61(53)57)51-33-29-43(30-34-51)54-18-10-20-58-56-16-6-8-22-60(56)65-62(54)58/h1-17,19-39,54H,18H2. The van der Waals surface area contributed by atoms with Crippen LogP contribution in [0.25, 0.3) is 91.3 Å². The average Bonchev–Trinajstić information content (AvgIpc) is 3.96. The first-order valence-corrected chi connectivity index (χ1v) is 24.0. The molecule has 10 aromatic carbocycles. The topological polar surface area (TPSA) is 3.24 Å². The number of anilines is 3. The van der Waals surface area contributed by atoms with Crippen molar-refractivity contribution in [2.24, 2.45) is 0 Å². The number of hydrogen-bond acceptors (Lipinski definition) is 3. The summed E-state index contributed by atoms with van der Waals surface area (Å²) >= 11 is 3.83. The van der Waals surface area contributed by atoms with Crippen LogP contribution in [0.2, 0.25) is 0 Å². The minimum Gasteiger partial charge on any atom is -0.310 e. The summed E-state index contributed by atoms with van der Waals surface area (Å²) in [6.45, 7) is 0. The molecule has 0 spiro atoms. The van der Waals surface area contributed by atoms with Crippen LogP contribution in [-0.4, -0.2) is 0 Å². The zero-order valence-corrected chi connectivity index (χ0v) is 37.1. The lowest BCUT2D eigenvalue weighted by atomic mass is 9.87. The van der Waals surface area contributed by atoms with E-state index in [-0.39, 0.29) is 0 Å². The molecule has 65 heavy (non-hydrogen) atoms. The van der Waals surface area contributed by atoms with Gasteiger partial charge < -0.3 is 4.90 Å². The second-order valence-electron chi connectivity index (χ2n) is 17.2. The van der Waals surface area contributed by atoms with E-state index in [0.717, 1.165) is 23.5 Å². The van der Waals surface area contributed by atoms with Crippen LogP contribution in [0.1, 0.15) is 28.3 Å². The van der Waals surface area contributed by atoms with Crippen molar-refractivity contribution >= 4 is 97.6 Å². The summed E-state index contributed by atoms with van der Waals surface area (Å²) in [5, 5.41) is 8.95. The van der Waals surface area contributed by atoms with Gasteiger partial charge >= 0.3 is 0 Å². The lowest BCUT2D eigenvalue weighted by Gasteiger charge is -2.28. The lowest BCUT2D eigenvalue weighted by molar-refractivity contribution is 0.840. The van der Waals surface area contributed by atoms with Crippen LogP contribution in [0, 0.1) is 0 Å². The predicted octanol–water partition coefficient (Wildman–Crippen LogP) is 18.6. The Morgan fingerprint density at radius 1 is 0.385 bits per heavy atom. The molecule has 1 aliphatic rings. The van der Waals surface area contributed by atoms with Gasteiger partial charge in [-0.1, -0.05) is 164 Å². The van der Waals surface area contributed by atoms with Crippen molar-refractivity contribution in [3.63, 3.8) is 0 Å². The molecule has 0 N–H and O–H groups in total. The highest BCUT2D eigenvalue weighted by atomic mass is 32.1. The highest BCUT2D eigenvalue weighted by Gasteiger charge is 2.24. The molecule has 0 saturated carbocycles. The molecule has 2 aromatic heterocycles. The summed E-state index contributed by atoms with van der Waals surface area (Å²) in [5.41, 5.74) is 13.3. The number of thiophene rings is 2. The molecule has 0 amide bonds. The summed E-state index contributed by atoms with van der Waals surface area (Å²) < 4.78 is 4.01. The molecule has 1 aliphatic carbocycles. The van der Waals surface area contributed by atoms with Crippen LogP contribution < -0.4 is 4.90 Å². The van der Waals surface area contributed by atoms with E-state index in [0.29, 0.717) is 5.92 Å². The Kier molecular flexibility index (Phi) is 9.11. The fourth-order valence-electron chi connectivity index (χ4n) is 10.1. The van der Waals surface area contributed by atoms with Crippen molar-refractivity contribution < 1.29 is 0 Å². The van der Waals surface area contributed by atoms with Crippen molar-refractivity contribution in [3.05, 3.63) is 240 Å². The monoisotopic (exact) mass is 863 g/mol. The summed E-state index contributed by atoms with van der Waals surface area (Å²) in [6, 6.07) is 81.1. The summed E-state index contributed by atoms with van der Waals surface area (Å²) in [5.74, 6) is 0.321. The Hall–Kier alpha value is -7.56. The Bertz CT molecular complexity index is 3710. The van der Waals surface area contributed by atoms with Gasteiger partial charge in [-0.05, 0) is 145 Å². The van der Waals surface area contributed by atoms with Crippen molar-refractivity contribution in [2.45, 2.75) is 12.3 Å². The van der Waals surface area contributed by atoms with E-state index in [1.807, 2.05) is 22.7 Å². The Labute approximate surface area is 386 Å². The van der Waals surface area contributed by atoms with Crippen molar-refractivity contribution in [1.82, 2.24) is 0 Å². The first-order valence-electron chi connectivity index (χ1n) is 22.4. The molecular weight excluding hydrogens is 823 g/mol. The van der Waals surface area contributed by atoms with E-state index in [1.54, 1.807) is 0 Å². The molecule has 1 unspecified atom stereocenters. The van der Waals surface area contributed by atoms with Gasteiger partial charge in [-0.25, -0.2) is 0 Å². The fourth-order valence-corrected chi connectivity index (χ4v) is 12.7. The lowest BCUT2D eigenvalue weighted by Crippen LogP contribution is -2.11. The van der Waals surface area contributed by atoms with Crippen LogP contribution >= 0.6 is 22.7 Å². The molecule has 0 fully saturated rings. The molecule has 0 aliphatic heterocycles. The molecule has 12 aromatic rings. The SMILES string of the molecule is C1=Cc2c(sc3ccccc23)C(c2ccc(N(c3ccc(-c4cccc5c4sc4ccccc45)cc3)c3cc(-c4ccc5ccccc5c4)cc(-c4ccc5ccccc5c4)c3)cc2)C1. The van der Waals surface area contributed by atoms with Crippen LogP contribution in [0.3, 0.4) is 0 Å². The van der Waals surface area contributed by atoms with E-state index < -0.39 is 0 Å². The normalized spacial score (nSPS) is 13.6. The Morgan fingerprint density at radius 3 is 1.62 bits per heavy atom. The third kappa shape index (κ3) is 6.66. The Balaban J connectivity index is 0.975. The maximum Gasteiger partial charge on any atom is 0.0473 e. The molecule has 306 valence electrons. The Morgan fingerprint density at radius 2 is 0.938 bits per heavy atom. The van der Waals surface area contributed by atoms with Gasteiger partial charge in [0.05, 0.1) is 0 Å². The van der Waals surface area contributed by atoms with Gasteiger partial charge in [0.2, 0.25) is 0 Å². The number of nitrogens with zero attached hydrogens (tertiary/aromatic N) is 1. The van der Waals surface area contributed by atoms with Gasteiger partial charge in [0, 0.05) is 52.7 Å². The minimum absolute atomic E-state index is 0.321. The second-order valence-corrected chi connectivity index (χ2v) is 19.3. The van der Waals surface area contributed by atoms with Gasteiger partial charge in [0.15, 0.2) is 0 Å². The van der Waals surface area contributed by atoms with Gasteiger partial charge in [0.25, 0.3) is 0 Å². The third-order valence-electron chi connectivity index (χ3n) is 13.4. The summed E-state index contributed by atoms with van der Waals surface area (Å²) in [4.78, 5) is 3.92. The van der Waals surface area contributed by atoms with E-state index in [9.17, 15) is 0 Å². The number of rotatable bonds is 7. The number of allylic oxidation sites excluding steroid dienone is 1.